The van der Waals surface area contributed by atoms with E-state index in [4.69, 9.17) is 4.74 Å². The summed E-state index contributed by atoms with van der Waals surface area (Å²) < 4.78 is 10.0. The van der Waals surface area contributed by atoms with E-state index >= 15 is 0 Å². The van der Waals surface area contributed by atoms with Crippen LogP contribution in [0.3, 0.4) is 0 Å². The molecule has 1 aliphatic heterocycles. The predicted octanol–water partition coefficient (Wildman–Crippen LogP) is 0.562. The van der Waals surface area contributed by atoms with Crippen molar-refractivity contribution in [3.8, 4) is 0 Å². The van der Waals surface area contributed by atoms with Crippen LogP contribution in [-0.4, -0.2) is 38.4 Å². The Kier molecular flexibility index (Phi) is 4.35. The summed E-state index contributed by atoms with van der Waals surface area (Å²) in [6.45, 7) is 5.61. The Bertz CT molecular complexity index is 194. The molecule has 1 aliphatic rings. The van der Waals surface area contributed by atoms with Gasteiger partial charge in [-0.15, -0.1) is 0 Å². The Morgan fingerprint density at radius 3 is 2.86 bits per heavy atom. The maximum atomic E-state index is 11.0. The lowest BCUT2D eigenvalue weighted by Crippen LogP contribution is -2.51. The highest BCUT2D eigenvalue weighted by atomic mass is 16.5. The van der Waals surface area contributed by atoms with Crippen molar-refractivity contribution in [2.75, 3.05) is 20.3 Å². The molecule has 1 heterocycles. The fourth-order valence-electron chi connectivity index (χ4n) is 1.52. The number of nitrogens with one attached hydrogen (secondary N) is 1. The molecule has 0 amide bonds. The van der Waals surface area contributed by atoms with E-state index in [2.05, 4.69) is 23.9 Å². The van der Waals surface area contributed by atoms with Crippen LogP contribution >= 0.6 is 0 Å². The summed E-state index contributed by atoms with van der Waals surface area (Å²) in [6, 6.07) is 0.446. The molecule has 0 spiro atoms. The van der Waals surface area contributed by atoms with Crippen LogP contribution in [0.25, 0.3) is 0 Å². The van der Waals surface area contributed by atoms with E-state index in [0.717, 1.165) is 6.61 Å². The largest absolute Gasteiger partial charge is 0.469 e. The Labute approximate surface area is 85.0 Å². The molecule has 1 saturated heterocycles. The molecule has 0 saturated carbocycles. The third-order valence-corrected chi connectivity index (χ3v) is 2.51. The molecule has 14 heavy (non-hydrogen) atoms. The molecule has 0 aromatic carbocycles. The van der Waals surface area contributed by atoms with Crippen LogP contribution in [0.1, 0.15) is 20.3 Å². The summed E-state index contributed by atoms with van der Waals surface area (Å²) >= 11 is 0. The Balaban J connectivity index is 2.36. The summed E-state index contributed by atoms with van der Waals surface area (Å²) in [6.07, 6.45) is 0.389. The summed E-state index contributed by atoms with van der Waals surface area (Å²) in [5.41, 5.74) is 0. The van der Waals surface area contributed by atoms with Gasteiger partial charge in [0.05, 0.1) is 26.7 Å². The Morgan fingerprint density at radius 2 is 2.29 bits per heavy atom. The summed E-state index contributed by atoms with van der Waals surface area (Å²) in [7, 11) is 1.41. The van der Waals surface area contributed by atoms with Crippen molar-refractivity contribution in [2.24, 2.45) is 5.92 Å². The number of ether oxygens (including phenoxy) is 2. The molecule has 4 nitrogen and oxygen atoms in total. The van der Waals surface area contributed by atoms with E-state index in [1.54, 1.807) is 0 Å². The van der Waals surface area contributed by atoms with Crippen molar-refractivity contribution in [1.29, 1.82) is 0 Å². The van der Waals surface area contributed by atoms with Crippen molar-refractivity contribution >= 4 is 5.97 Å². The van der Waals surface area contributed by atoms with Crippen molar-refractivity contribution in [3.05, 3.63) is 0 Å². The molecule has 0 aromatic heterocycles. The number of rotatable bonds is 3. The number of hydrogen-bond acceptors (Lipinski definition) is 4. The normalized spacial score (nSPS) is 27.7. The van der Waals surface area contributed by atoms with Crippen LogP contribution in [0.2, 0.25) is 0 Å². The standard InChI is InChI=1S/C10H19NO3/c1-7(2)9-6-14-5-8(11-9)4-10(12)13-3/h7-9,11H,4-6H2,1-3H3. The number of morpholine rings is 1. The number of esters is 1. The van der Waals surface area contributed by atoms with Gasteiger partial charge in [-0.05, 0) is 5.92 Å². The first-order chi connectivity index (χ1) is 6.63. The van der Waals surface area contributed by atoms with Gasteiger partial charge in [0.25, 0.3) is 0 Å². The molecule has 0 bridgehead atoms. The van der Waals surface area contributed by atoms with E-state index < -0.39 is 0 Å². The van der Waals surface area contributed by atoms with E-state index in [1.165, 1.54) is 7.11 Å². The fourth-order valence-corrected chi connectivity index (χ4v) is 1.52. The summed E-state index contributed by atoms with van der Waals surface area (Å²) in [4.78, 5) is 11.0. The first kappa shape index (κ1) is 11.5. The highest BCUT2D eigenvalue weighted by Gasteiger charge is 2.25. The second-order valence-corrected chi connectivity index (χ2v) is 4.03. The minimum absolute atomic E-state index is 0.101. The minimum Gasteiger partial charge on any atom is -0.469 e. The SMILES string of the molecule is COC(=O)CC1COCC(C(C)C)N1. The summed E-state index contributed by atoms with van der Waals surface area (Å²) in [5.74, 6) is 0.339. The van der Waals surface area contributed by atoms with Crippen LogP contribution < -0.4 is 5.32 Å². The molecule has 82 valence electrons. The van der Waals surface area contributed by atoms with Gasteiger partial charge in [-0.2, -0.15) is 0 Å². The molecule has 4 heteroatoms. The average Bonchev–Trinajstić information content (AvgIpc) is 2.18. The quantitative estimate of drug-likeness (QED) is 0.678. The van der Waals surface area contributed by atoms with Gasteiger partial charge in [0, 0.05) is 12.1 Å². The van der Waals surface area contributed by atoms with Gasteiger partial charge in [-0.25, -0.2) is 0 Å². The predicted molar refractivity (Wildman–Crippen MR) is 53.0 cm³/mol. The Hall–Kier alpha value is -0.610. The zero-order valence-corrected chi connectivity index (χ0v) is 9.08. The van der Waals surface area contributed by atoms with Gasteiger partial charge in [0.15, 0.2) is 0 Å². The monoisotopic (exact) mass is 201 g/mol. The molecule has 0 radical (unpaired) electrons. The molecule has 0 aliphatic carbocycles. The molecule has 0 aromatic rings. The lowest BCUT2D eigenvalue weighted by atomic mass is 10.0. The number of methoxy groups -OCH3 is 1. The lowest BCUT2D eigenvalue weighted by Gasteiger charge is -2.32. The van der Waals surface area contributed by atoms with Crippen molar-refractivity contribution in [3.63, 3.8) is 0 Å². The zero-order valence-electron chi connectivity index (χ0n) is 9.08. The van der Waals surface area contributed by atoms with Gasteiger partial charge < -0.3 is 14.8 Å². The number of carbonyl (C=O) groups is 1. The molecule has 2 atom stereocenters. The van der Waals surface area contributed by atoms with Crippen LogP contribution in [0, 0.1) is 5.92 Å². The third-order valence-electron chi connectivity index (χ3n) is 2.51. The van der Waals surface area contributed by atoms with E-state index in [0.29, 0.717) is 25.0 Å². The van der Waals surface area contributed by atoms with Crippen LogP contribution in [0.15, 0.2) is 0 Å². The molecule has 1 fully saturated rings. The lowest BCUT2D eigenvalue weighted by molar-refractivity contribution is -0.142. The van der Waals surface area contributed by atoms with Gasteiger partial charge in [0.2, 0.25) is 0 Å². The van der Waals surface area contributed by atoms with Gasteiger partial charge in [-0.3, -0.25) is 4.79 Å². The number of hydrogen-bond donors (Lipinski definition) is 1. The summed E-state index contributed by atoms with van der Waals surface area (Å²) in [5, 5.41) is 3.39. The van der Waals surface area contributed by atoms with Gasteiger partial charge in [0.1, 0.15) is 0 Å². The van der Waals surface area contributed by atoms with Crippen LogP contribution in [0.4, 0.5) is 0 Å². The maximum absolute atomic E-state index is 11.0. The fraction of sp³-hybridized carbons (Fsp3) is 0.900. The first-order valence-corrected chi connectivity index (χ1v) is 5.04. The van der Waals surface area contributed by atoms with Crippen molar-refractivity contribution in [1.82, 2.24) is 5.32 Å². The van der Waals surface area contributed by atoms with E-state index in [9.17, 15) is 4.79 Å². The highest BCUT2D eigenvalue weighted by molar-refractivity contribution is 5.69. The highest BCUT2D eigenvalue weighted by Crippen LogP contribution is 2.10. The van der Waals surface area contributed by atoms with Crippen molar-refractivity contribution in [2.45, 2.75) is 32.4 Å². The molecule has 2 unspecified atom stereocenters. The first-order valence-electron chi connectivity index (χ1n) is 5.04. The van der Waals surface area contributed by atoms with Gasteiger partial charge >= 0.3 is 5.97 Å². The molecular weight excluding hydrogens is 182 g/mol. The molecular formula is C10H19NO3. The molecule has 1 N–H and O–H groups in total. The van der Waals surface area contributed by atoms with Gasteiger partial charge in [-0.1, -0.05) is 13.8 Å². The van der Waals surface area contributed by atoms with E-state index in [1.807, 2.05) is 0 Å². The maximum Gasteiger partial charge on any atom is 0.307 e. The van der Waals surface area contributed by atoms with E-state index in [-0.39, 0.29) is 12.0 Å². The minimum atomic E-state index is -0.185. The smallest absolute Gasteiger partial charge is 0.307 e. The average molecular weight is 201 g/mol. The second kappa shape index (κ2) is 5.32. The topological polar surface area (TPSA) is 47.6 Å². The Morgan fingerprint density at radius 1 is 1.57 bits per heavy atom. The third kappa shape index (κ3) is 3.27. The van der Waals surface area contributed by atoms with Crippen molar-refractivity contribution < 1.29 is 14.3 Å². The van der Waals surface area contributed by atoms with Crippen LogP contribution in [-0.2, 0) is 14.3 Å². The van der Waals surface area contributed by atoms with Crippen LogP contribution in [0.5, 0.6) is 0 Å². The zero-order chi connectivity index (χ0) is 10.6. The second-order valence-electron chi connectivity index (χ2n) is 4.03. The number of carbonyl (C=O) groups excluding carboxylic acids is 1. The molecule has 1 rings (SSSR count).